The number of esters is 1. The van der Waals surface area contributed by atoms with E-state index in [9.17, 15) is 19.5 Å². The molecule has 1 aliphatic carbocycles. The first kappa shape index (κ1) is 38.1. The van der Waals surface area contributed by atoms with Crippen LogP contribution in [0.2, 0.25) is 0 Å². The summed E-state index contributed by atoms with van der Waals surface area (Å²) in [6.07, 6.45) is 5.26. The summed E-state index contributed by atoms with van der Waals surface area (Å²) in [5.41, 5.74) is 5.26. The molecule has 5 heterocycles. The van der Waals surface area contributed by atoms with Crippen LogP contribution in [0.3, 0.4) is 0 Å². The number of ether oxygens (including phenoxy) is 4. The quantitative estimate of drug-likeness (QED) is 0.134. The Hall–Kier alpha value is -5.45. The lowest BCUT2D eigenvalue weighted by atomic mass is 9.53. The highest BCUT2D eigenvalue weighted by atomic mass is 16.5. The minimum Gasteiger partial charge on any atom is -0.493 e. The molecule has 4 fully saturated rings. The van der Waals surface area contributed by atoms with Gasteiger partial charge in [-0.15, -0.1) is 0 Å². The number of piperidine rings is 2. The molecule has 3 saturated heterocycles. The smallest absolute Gasteiger partial charge is 0.339 e. The molecule has 0 radical (unpaired) electrons. The Morgan fingerprint density at radius 1 is 0.948 bits per heavy atom. The number of rotatable bonds is 9. The Bertz CT molecular complexity index is 2280. The second kappa shape index (κ2) is 14.7. The summed E-state index contributed by atoms with van der Waals surface area (Å²) in [7, 11) is 3.36. The van der Waals surface area contributed by atoms with Crippen molar-refractivity contribution in [2.75, 3.05) is 38.8 Å². The molecular formula is C48H50N2O8. The highest BCUT2D eigenvalue weighted by Crippen LogP contribution is 2.66. The molecule has 2 bridgehead atoms. The van der Waals surface area contributed by atoms with Gasteiger partial charge in [0.05, 0.1) is 56.2 Å². The molecule has 1 amide bonds. The van der Waals surface area contributed by atoms with E-state index in [1.807, 2.05) is 66.7 Å². The molecule has 10 nitrogen and oxygen atoms in total. The van der Waals surface area contributed by atoms with E-state index in [1.165, 1.54) is 24.1 Å². The average Bonchev–Trinajstić information content (AvgIpc) is 3.73. The SMILES string of the molecule is CCC(C)(c1ccccc1)C(OC(=O)c1ccccc1C(=O)O)c1ccccc1.COc1cc2c(cc1OC)C13CCN4CC5=CCO[C@H]6CC(=O)N2[C@H]1[C@H]6C5C[C@H]43. The molecule has 10 heteroatoms. The first-order valence-electron chi connectivity index (χ1n) is 20.4. The fourth-order valence-corrected chi connectivity index (χ4v) is 11.4. The summed E-state index contributed by atoms with van der Waals surface area (Å²) in [5.74, 6) is 0.771. The number of carboxylic acids is 1. The number of carbonyl (C=O) groups is 3. The third-order valence-electron chi connectivity index (χ3n) is 14.3. The van der Waals surface area contributed by atoms with Crippen molar-refractivity contribution < 1.29 is 38.4 Å². The molecule has 5 aliphatic heterocycles. The topological polar surface area (TPSA) is 115 Å². The average molecular weight is 783 g/mol. The van der Waals surface area contributed by atoms with Gasteiger partial charge in [-0.3, -0.25) is 9.69 Å². The first-order valence-corrected chi connectivity index (χ1v) is 20.4. The van der Waals surface area contributed by atoms with Crippen LogP contribution in [0.15, 0.2) is 109 Å². The van der Waals surface area contributed by atoms with Gasteiger partial charge in [0, 0.05) is 35.4 Å². The fourth-order valence-electron chi connectivity index (χ4n) is 11.4. The van der Waals surface area contributed by atoms with Crippen LogP contribution < -0.4 is 14.4 Å². The van der Waals surface area contributed by atoms with Crippen molar-refractivity contribution in [1.29, 1.82) is 0 Å². The van der Waals surface area contributed by atoms with Gasteiger partial charge in [0.25, 0.3) is 0 Å². The standard InChI is InChI=1S/C25H24O4.C23H26N2O4/c1-3-25(2,19-14-8-5-9-15-19)22(18-12-6-4-7-13-18)29-24(28)21-17-11-10-16-20(21)23(26)27;1-27-16-8-14-15(9-17(16)28-2)25-20(26)10-18-21-13-7-19-23(14,22(21)25)4-5-24(19)11-12(13)3-6-29-18/h4-17,22H,3H2,1-2H3,(H,26,27);3,8-9,13,18-19,21-22H,4-7,10-11H2,1-2H3/t;13?,18-,19-,21-,22-,23?/m.0/s1. The molecule has 58 heavy (non-hydrogen) atoms. The van der Waals surface area contributed by atoms with Gasteiger partial charge in [0.2, 0.25) is 5.91 Å². The molecule has 6 aliphatic rings. The van der Waals surface area contributed by atoms with Crippen molar-refractivity contribution in [2.45, 2.75) is 74.7 Å². The van der Waals surface area contributed by atoms with E-state index in [1.54, 1.807) is 31.9 Å². The zero-order valence-electron chi connectivity index (χ0n) is 33.4. The van der Waals surface area contributed by atoms with Gasteiger partial charge in [0.15, 0.2) is 11.5 Å². The van der Waals surface area contributed by atoms with E-state index in [0.717, 1.165) is 48.5 Å². The summed E-state index contributed by atoms with van der Waals surface area (Å²) >= 11 is 0. The predicted octanol–water partition coefficient (Wildman–Crippen LogP) is 7.76. The number of fused-ring (bicyclic) bond motifs is 2. The number of anilines is 1. The fraction of sp³-hybridized carbons (Fsp3) is 0.396. The predicted molar refractivity (Wildman–Crippen MR) is 219 cm³/mol. The monoisotopic (exact) mass is 782 g/mol. The maximum absolute atomic E-state index is 13.5. The van der Waals surface area contributed by atoms with Gasteiger partial charge < -0.3 is 29.0 Å². The van der Waals surface area contributed by atoms with Crippen LogP contribution in [0.5, 0.6) is 11.5 Å². The van der Waals surface area contributed by atoms with E-state index in [2.05, 4.69) is 35.8 Å². The Morgan fingerprint density at radius 2 is 1.62 bits per heavy atom. The van der Waals surface area contributed by atoms with Gasteiger partial charge in [-0.2, -0.15) is 0 Å². The molecule has 1 spiro atoms. The van der Waals surface area contributed by atoms with E-state index < -0.39 is 23.5 Å². The van der Waals surface area contributed by atoms with Crippen LogP contribution in [-0.4, -0.2) is 80.0 Å². The lowest BCUT2D eigenvalue weighted by Crippen LogP contribution is -2.69. The van der Waals surface area contributed by atoms with Gasteiger partial charge in [-0.05, 0) is 66.6 Å². The van der Waals surface area contributed by atoms with Crippen molar-refractivity contribution in [3.63, 3.8) is 0 Å². The number of carbonyl (C=O) groups excluding carboxylic acids is 2. The molecule has 4 aromatic rings. The normalized spacial score (nSPS) is 27.4. The van der Waals surface area contributed by atoms with Crippen molar-refractivity contribution in [3.05, 3.63) is 137 Å². The highest BCUT2D eigenvalue weighted by Gasteiger charge is 2.71. The van der Waals surface area contributed by atoms with Gasteiger partial charge in [0.1, 0.15) is 6.10 Å². The summed E-state index contributed by atoms with van der Waals surface area (Å²) in [6, 6.07) is 30.5. The maximum atomic E-state index is 13.5. The molecular weight excluding hydrogens is 733 g/mol. The Balaban J connectivity index is 0.000000150. The zero-order valence-corrected chi connectivity index (χ0v) is 33.4. The number of carboxylic acid groups (broad SMARTS) is 1. The largest absolute Gasteiger partial charge is 0.493 e. The van der Waals surface area contributed by atoms with Crippen molar-refractivity contribution in [3.8, 4) is 11.5 Å². The van der Waals surface area contributed by atoms with Crippen molar-refractivity contribution >= 4 is 23.5 Å². The second-order valence-electron chi connectivity index (χ2n) is 16.7. The van der Waals surface area contributed by atoms with Crippen LogP contribution in [0.25, 0.3) is 0 Å². The second-order valence-corrected chi connectivity index (χ2v) is 16.7. The number of methoxy groups -OCH3 is 2. The number of benzene rings is 4. The molecule has 300 valence electrons. The third kappa shape index (κ3) is 5.78. The Morgan fingerprint density at radius 3 is 2.31 bits per heavy atom. The highest BCUT2D eigenvalue weighted by molar-refractivity contribution is 6.02. The van der Waals surface area contributed by atoms with E-state index in [-0.39, 0.29) is 34.6 Å². The number of hydrogen-bond donors (Lipinski definition) is 1. The van der Waals surface area contributed by atoms with Gasteiger partial charge in [-0.25, -0.2) is 9.59 Å². The molecule has 1 saturated carbocycles. The first-order chi connectivity index (χ1) is 28.1. The van der Waals surface area contributed by atoms with Crippen molar-refractivity contribution in [1.82, 2.24) is 4.90 Å². The number of aromatic carboxylic acids is 1. The minimum absolute atomic E-state index is 0.0242. The van der Waals surface area contributed by atoms with Crippen LogP contribution in [0.4, 0.5) is 5.69 Å². The lowest BCUT2D eigenvalue weighted by Gasteiger charge is -2.58. The van der Waals surface area contributed by atoms with Gasteiger partial charge >= 0.3 is 11.9 Å². The van der Waals surface area contributed by atoms with Gasteiger partial charge in [-0.1, -0.05) is 98.3 Å². The Labute approximate surface area is 339 Å². The van der Waals surface area contributed by atoms with Crippen LogP contribution in [0.1, 0.15) is 83.0 Å². The number of nitrogens with zero attached hydrogens (tertiary/aromatic N) is 2. The molecule has 4 aromatic carbocycles. The Kier molecular flexibility index (Phi) is 9.68. The number of hydrogen-bond acceptors (Lipinski definition) is 8. The van der Waals surface area contributed by atoms with Crippen LogP contribution in [-0.2, 0) is 25.1 Å². The van der Waals surface area contributed by atoms with Crippen molar-refractivity contribution in [2.24, 2.45) is 11.8 Å². The molecule has 0 aromatic heterocycles. The third-order valence-corrected chi connectivity index (χ3v) is 14.3. The molecule has 1 N–H and O–H groups in total. The minimum atomic E-state index is -1.16. The van der Waals surface area contributed by atoms with Crippen LogP contribution in [0, 0.1) is 11.8 Å². The molecule has 10 rings (SSSR count). The lowest BCUT2D eigenvalue weighted by molar-refractivity contribution is -0.132. The molecule has 8 atom stereocenters. The van der Waals surface area contributed by atoms with E-state index in [4.69, 9.17) is 18.9 Å². The molecule has 4 unspecified atom stereocenters. The van der Waals surface area contributed by atoms with E-state index in [0.29, 0.717) is 36.7 Å². The maximum Gasteiger partial charge on any atom is 0.339 e. The zero-order chi connectivity index (χ0) is 40.3. The number of amides is 1. The van der Waals surface area contributed by atoms with E-state index >= 15 is 0 Å². The summed E-state index contributed by atoms with van der Waals surface area (Å²) in [4.78, 5) is 42.9. The summed E-state index contributed by atoms with van der Waals surface area (Å²) < 4.78 is 23.6. The van der Waals surface area contributed by atoms with Crippen LogP contribution >= 0.6 is 0 Å². The summed E-state index contributed by atoms with van der Waals surface area (Å²) in [5, 5.41) is 9.44. The summed E-state index contributed by atoms with van der Waals surface area (Å²) in [6.45, 7) is 6.93.